The van der Waals surface area contributed by atoms with E-state index in [4.69, 9.17) is 0 Å². The highest BCUT2D eigenvalue weighted by atomic mass is 19.4. The van der Waals surface area contributed by atoms with Crippen LogP contribution in [0.4, 0.5) is 48.3 Å². The predicted molar refractivity (Wildman–Crippen MR) is 106 cm³/mol. The monoisotopic (exact) mass is 552 g/mol. The molecule has 1 N–H and O–H groups in total. The summed E-state index contributed by atoms with van der Waals surface area (Å²) < 4.78 is 152. The van der Waals surface area contributed by atoms with Gasteiger partial charge >= 0.3 is 35.8 Å². The summed E-state index contributed by atoms with van der Waals surface area (Å²) in [6.07, 6.45) is -11.9. The van der Waals surface area contributed by atoms with Gasteiger partial charge in [0.1, 0.15) is 6.61 Å². The summed E-state index contributed by atoms with van der Waals surface area (Å²) in [7, 11) is 0. The van der Waals surface area contributed by atoms with Gasteiger partial charge in [-0.3, -0.25) is 0 Å². The number of alkyl halides is 11. The van der Waals surface area contributed by atoms with Crippen LogP contribution >= 0.6 is 0 Å². The normalized spacial score (nSPS) is 15.2. The number of rotatable bonds is 11. The first kappa shape index (κ1) is 30.3. The van der Waals surface area contributed by atoms with Crippen molar-refractivity contribution in [2.75, 3.05) is 0 Å². The average molecular weight is 552 g/mol. The highest BCUT2D eigenvalue weighted by molar-refractivity contribution is 5.79. The van der Waals surface area contributed by atoms with E-state index in [1.54, 1.807) is 6.07 Å². The fourth-order valence-electron chi connectivity index (χ4n) is 3.20. The van der Waals surface area contributed by atoms with Crippen molar-refractivity contribution in [2.24, 2.45) is 0 Å². The van der Waals surface area contributed by atoms with Crippen LogP contribution < -0.4 is 0 Å². The highest BCUT2D eigenvalue weighted by Gasteiger charge is 2.87. The minimum absolute atomic E-state index is 0.231. The molecule has 1 atom stereocenters. The number of aryl methyl sites for hydroxylation is 1. The van der Waals surface area contributed by atoms with Crippen LogP contribution in [0.2, 0.25) is 0 Å². The van der Waals surface area contributed by atoms with E-state index in [9.17, 15) is 58.2 Å². The van der Waals surface area contributed by atoms with Crippen LogP contribution in [0.5, 0.6) is 0 Å². The van der Waals surface area contributed by atoms with Gasteiger partial charge in [0.25, 0.3) is 0 Å². The highest BCUT2D eigenvalue weighted by Crippen LogP contribution is 2.58. The van der Waals surface area contributed by atoms with Gasteiger partial charge in [-0.2, -0.15) is 48.3 Å². The van der Waals surface area contributed by atoms with E-state index < -0.39 is 67.3 Å². The zero-order valence-electron chi connectivity index (χ0n) is 18.5. The van der Waals surface area contributed by atoms with Crippen molar-refractivity contribution in [3.05, 3.63) is 71.8 Å². The molecule has 2 aromatic rings. The molecule has 0 amide bonds. The van der Waals surface area contributed by atoms with E-state index in [0.717, 1.165) is 0 Å². The fraction of sp³-hybridized carbons (Fsp3) is 0.435. The van der Waals surface area contributed by atoms with Gasteiger partial charge in [-0.15, -0.1) is 0 Å². The van der Waals surface area contributed by atoms with Gasteiger partial charge in [-0.1, -0.05) is 60.7 Å². The third-order valence-electron chi connectivity index (χ3n) is 5.38. The lowest BCUT2D eigenvalue weighted by atomic mass is 9.84. The SMILES string of the molecule is O=C(OCc1ccccc1)C(O)(CCc1ccccc1)CC(F)(F)C(F)(F)C(F)(F)C(F)(F)C(F)(F)F. The lowest BCUT2D eigenvalue weighted by Crippen LogP contribution is -2.67. The summed E-state index contributed by atoms with van der Waals surface area (Å²) in [5.74, 6) is -31.0. The third-order valence-corrected chi connectivity index (χ3v) is 5.38. The molecular formula is C23H19F11O3. The van der Waals surface area contributed by atoms with Crippen molar-refractivity contribution < 1.29 is 62.9 Å². The summed E-state index contributed by atoms with van der Waals surface area (Å²) in [6, 6.07) is 14.3. The molecule has 2 aromatic carbocycles. The summed E-state index contributed by atoms with van der Waals surface area (Å²) in [4.78, 5) is 12.5. The zero-order valence-corrected chi connectivity index (χ0v) is 18.5. The molecule has 1 unspecified atom stereocenters. The van der Waals surface area contributed by atoms with Crippen LogP contribution in [0.15, 0.2) is 60.7 Å². The number of ether oxygens (including phenoxy) is 1. The Labute approximate surface area is 202 Å². The molecule has 0 aromatic heterocycles. The minimum atomic E-state index is -7.66. The molecule has 0 saturated carbocycles. The van der Waals surface area contributed by atoms with E-state index in [1.807, 2.05) is 0 Å². The summed E-state index contributed by atoms with van der Waals surface area (Å²) in [6.45, 7) is -0.697. The first-order valence-corrected chi connectivity index (χ1v) is 10.3. The van der Waals surface area contributed by atoms with Gasteiger partial charge in [-0.25, -0.2) is 4.79 Å². The molecule has 37 heavy (non-hydrogen) atoms. The third kappa shape index (κ3) is 6.16. The Bertz CT molecular complexity index is 1040. The van der Waals surface area contributed by atoms with Crippen molar-refractivity contribution in [3.63, 3.8) is 0 Å². The van der Waals surface area contributed by atoms with E-state index in [1.165, 1.54) is 54.6 Å². The molecule has 0 spiro atoms. The molecule has 0 aliphatic heterocycles. The smallest absolute Gasteiger partial charge is 0.459 e. The van der Waals surface area contributed by atoms with Crippen LogP contribution in [0.3, 0.4) is 0 Å². The quantitative estimate of drug-likeness (QED) is 0.253. The molecule has 2 rings (SSSR count). The van der Waals surface area contributed by atoms with Crippen LogP contribution in [-0.2, 0) is 22.6 Å². The first-order valence-electron chi connectivity index (χ1n) is 10.3. The van der Waals surface area contributed by atoms with Crippen molar-refractivity contribution in [2.45, 2.75) is 61.3 Å². The number of hydrogen-bond donors (Lipinski definition) is 1. The molecule has 0 bridgehead atoms. The Morgan fingerprint density at radius 1 is 0.676 bits per heavy atom. The Kier molecular flexibility index (Phi) is 8.57. The predicted octanol–water partition coefficient (Wildman–Crippen LogP) is 6.59. The minimum Gasteiger partial charge on any atom is -0.459 e. The Balaban J connectivity index is 2.40. The molecule has 0 aliphatic carbocycles. The van der Waals surface area contributed by atoms with Gasteiger partial charge in [0.2, 0.25) is 0 Å². The molecule has 0 heterocycles. The fourth-order valence-corrected chi connectivity index (χ4v) is 3.20. The van der Waals surface area contributed by atoms with Crippen LogP contribution in [-0.4, -0.2) is 46.5 Å². The largest absolute Gasteiger partial charge is 0.460 e. The molecule has 0 fully saturated rings. The van der Waals surface area contributed by atoms with Crippen LogP contribution in [0.1, 0.15) is 24.0 Å². The Morgan fingerprint density at radius 2 is 1.14 bits per heavy atom. The van der Waals surface area contributed by atoms with E-state index in [0.29, 0.717) is 0 Å². The van der Waals surface area contributed by atoms with Crippen molar-refractivity contribution in [1.29, 1.82) is 0 Å². The van der Waals surface area contributed by atoms with Crippen molar-refractivity contribution in [3.8, 4) is 0 Å². The molecule has 0 aliphatic rings. The molecule has 206 valence electrons. The van der Waals surface area contributed by atoms with E-state index in [2.05, 4.69) is 4.74 Å². The number of aliphatic hydroxyl groups is 1. The van der Waals surface area contributed by atoms with E-state index in [-0.39, 0.29) is 11.1 Å². The number of carbonyl (C=O) groups excluding carboxylic acids is 1. The number of halogens is 11. The lowest BCUT2D eigenvalue weighted by Gasteiger charge is -2.39. The summed E-state index contributed by atoms with van der Waals surface area (Å²) in [5.41, 5.74) is -3.21. The Hall–Kier alpha value is -2.90. The number of carbonyl (C=O) groups is 1. The van der Waals surface area contributed by atoms with Gasteiger partial charge in [-0.05, 0) is 24.0 Å². The molecule has 0 saturated heterocycles. The first-order chi connectivity index (χ1) is 16.8. The second-order valence-electron chi connectivity index (χ2n) is 8.18. The maximum absolute atomic E-state index is 14.5. The molecule has 3 nitrogen and oxygen atoms in total. The van der Waals surface area contributed by atoms with Crippen LogP contribution in [0.25, 0.3) is 0 Å². The van der Waals surface area contributed by atoms with Crippen LogP contribution in [0, 0.1) is 0 Å². The van der Waals surface area contributed by atoms with Gasteiger partial charge in [0, 0.05) is 0 Å². The lowest BCUT2D eigenvalue weighted by molar-refractivity contribution is -0.424. The summed E-state index contributed by atoms with van der Waals surface area (Å²) in [5, 5.41) is 10.6. The standard InChI is InChI=1S/C23H19F11O3/c24-19(25,20(26,27)21(28,29)22(30,31)23(32,33)34)14-18(36,12-11-15-7-3-1-4-8-15)17(35)37-13-16-9-5-2-6-10-16/h1-10,36H,11-14H2. The zero-order chi connectivity index (χ0) is 28.3. The Morgan fingerprint density at radius 3 is 1.59 bits per heavy atom. The topological polar surface area (TPSA) is 46.5 Å². The maximum Gasteiger partial charge on any atom is 0.460 e. The average Bonchev–Trinajstić information content (AvgIpc) is 2.81. The number of hydrogen-bond acceptors (Lipinski definition) is 3. The second kappa shape index (κ2) is 10.5. The number of esters is 1. The summed E-state index contributed by atoms with van der Waals surface area (Å²) >= 11 is 0. The van der Waals surface area contributed by atoms with E-state index >= 15 is 0 Å². The molecular weight excluding hydrogens is 533 g/mol. The van der Waals surface area contributed by atoms with Gasteiger partial charge in [0.05, 0.1) is 6.42 Å². The van der Waals surface area contributed by atoms with Gasteiger partial charge < -0.3 is 9.84 Å². The van der Waals surface area contributed by atoms with Gasteiger partial charge in [0.15, 0.2) is 5.60 Å². The maximum atomic E-state index is 14.5. The number of benzene rings is 2. The van der Waals surface area contributed by atoms with Crippen molar-refractivity contribution in [1.82, 2.24) is 0 Å². The molecule has 0 radical (unpaired) electrons. The second-order valence-corrected chi connectivity index (χ2v) is 8.18. The molecule has 14 heteroatoms. The van der Waals surface area contributed by atoms with Crippen molar-refractivity contribution >= 4 is 5.97 Å².